The molecule has 2 aromatic carbocycles. The van der Waals surface area contributed by atoms with Crippen molar-refractivity contribution in [3.63, 3.8) is 0 Å². The minimum absolute atomic E-state index is 0.145. The van der Waals surface area contributed by atoms with Crippen LogP contribution < -0.4 is 0 Å². The molecule has 0 aliphatic rings. The fourth-order valence-electron chi connectivity index (χ4n) is 2.00. The summed E-state index contributed by atoms with van der Waals surface area (Å²) in [6.45, 7) is 0.458. The van der Waals surface area contributed by atoms with Gasteiger partial charge in [0.15, 0.2) is 0 Å². The quantitative estimate of drug-likeness (QED) is 0.497. The van der Waals surface area contributed by atoms with Crippen molar-refractivity contribution in [2.75, 3.05) is 12.4 Å². The van der Waals surface area contributed by atoms with Gasteiger partial charge in [-0.3, -0.25) is 4.79 Å². The number of ether oxygens (including phenoxy) is 1. The number of carbonyl (C=O) groups excluding carboxylic acids is 1. The third kappa shape index (κ3) is 4.42. The van der Waals surface area contributed by atoms with Crippen molar-refractivity contribution >= 4 is 18.6 Å². The van der Waals surface area contributed by atoms with Gasteiger partial charge in [-0.05, 0) is 29.5 Å². The number of esters is 1. The monoisotopic (exact) mass is 286 g/mol. The highest BCUT2D eigenvalue weighted by atomic mass is 32.1. The number of thiol groups is 1. The van der Waals surface area contributed by atoms with E-state index in [0.29, 0.717) is 6.61 Å². The minimum atomic E-state index is -0.257. The molecule has 0 saturated heterocycles. The lowest BCUT2D eigenvalue weighted by Gasteiger charge is -2.05. The molecule has 20 heavy (non-hydrogen) atoms. The summed E-state index contributed by atoms with van der Waals surface area (Å²) in [4.78, 5) is 10.9. The maximum Gasteiger partial charge on any atom is 0.315 e. The molecular weight excluding hydrogens is 268 g/mol. The summed E-state index contributed by atoms with van der Waals surface area (Å²) >= 11 is 3.86. The second-order valence-electron chi connectivity index (χ2n) is 4.55. The van der Waals surface area contributed by atoms with Crippen LogP contribution in [0.3, 0.4) is 0 Å². The molecule has 0 aliphatic heterocycles. The molecule has 3 heteroatoms. The number of rotatable bonds is 6. The Labute approximate surface area is 125 Å². The van der Waals surface area contributed by atoms with Gasteiger partial charge in [-0.15, -0.1) is 0 Å². The smallest absolute Gasteiger partial charge is 0.315 e. The van der Waals surface area contributed by atoms with Crippen LogP contribution >= 0.6 is 12.6 Å². The first kappa shape index (κ1) is 14.7. The summed E-state index contributed by atoms with van der Waals surface area (Å²) in [7, 11) is 0. The molecular formula is C17H18O2S. The molecule has 0 saturated carbocycles. The van der Waals surface area contributed by atoms with Crippen molar-refractivity contribution in [3.05, 3.63) is 60.2 Å². The molecule has 0 fully saturated rings. The van der Waals surface area contributed by atoms with E-state index in [4.69, 9.17) is 4.74 Å². The molecule has 2 nitrogen and oxygen atoms in total. The first-order chi connectivity index (χ1) is 9.79. The van der Waals surface area contributed by atoms with Crippen LogP contribution in [0.15, 0.2) is 54.6 Å². The SMILES string of the molecule is O=C(CS)OCCCc1ccc(-c2ccccc2)cc1. The van der Waals surface area contributed by atoms with E-state index in [2.05, 4.69) is 49.0 Å². The summed E-state index contributed by atoms with van der Waals surface area (Å²) in [5.41, 5.74) is 3.70. The van der Waals surface area contributed by atoms with Crippen LogP contribution in [0.1, 0.15) is 12.0 Å². The molecule has 0 amide bonds. The highest BCUT2D eigenvalue weighted by molar-refractivity contribution is 7.81. The van der Waals surface area contributed by atoms with Crippen LogP contribution in [0.5, 0.6) is 0 Å². The van der Waals surface area contributed by atoms with E-state index in [0.717, 1.165) is 12.8 Å². The van der Waals surface area contributed by atoms with Crippen molar-refractivity contribution < 1.29 is 9.53 Å². The molecule has 0 bridgehead atoms. The van der Waals surface area contributed by atoms with Crippen LogP contribution in [0.2, 0.25) is 0 Å². The lowest BCUT2D eigenvalue weighted by molar-refractivity contribution is -0.140. The second kappa shape index (κ2) is 7.75. The van der Waals surface area contributed by atoms with Gasteiger partial charge in [0.1, 0.15) is 0 Å². The molecule has 2 aromatic rings. The fraction of sp³-hybridized carbons (Fsp3) is 0.235. The van der Waals surface area contributed by atoms with Gasteiger partial charge in [0.25, 0.3) is 0 Å². The number of hydrogen-bond acceptors (Lipinski definition) is 3. The second-order valence-corrected chi connectivity index (χ2v) is 4.86. The van der Waals surface area contributed by atoms with Crippen LogP contribution in [0.25, 0.3) is 11.1 Å². The van der Waals surface area contributed by atoms with E-state index in [1.807, 2.05) is 18.2 Å². The zero-order valence-corrected chi connectivity index (χ0v) is 12.2. The van der Waals surface area contributed by atoms with Crippen molar-refractivity contribution in [3.8, 4) is 11.1 Å². The Morgan fingerprint density at radius 2 is 1.60 bits per heavy atom. The van der Waals surface area contributed by atoms with Gasteiger partial charge in [0, 0.05) is 0 Å². The fourth-order valence-corrected chi connectivity index (χ4v) is 2.09. The summed E-state index contributed by atoms with van der Waals surface area (Å²) in [5, 5.41) is 0. The number of benzene rings is 2. The Hall–Kier alpha value is -1.74. The first-order valence-corrected chi connectivity index (χ1v) is 7.33. The summed E-state index contributed by atoms with van der Waals surface area (Å²) in [6, 6.07) is 18.8. The zero-order chi connectivity index (χ0) is 14.2. The van der Waals surface area contributed by atoms with E-state index in [1.54, 1.807) is 0 Å². The molecule has 0 unspecified atom stereocenters. The highest BCUT2D eigenvalue weighted by Crippen LogP contribution is 2.19. The standard InChI is InChI=1S/C17H18O2S/c18-17(13-20)19-12-4-5-14-8-10-16(11-9-14)15-6-2-1-3-7-15/h1-3,6-11,20H,4-5,12-13H2. The maximum atomic E-state index is 10.9. The van der Waals surface area contributed by atoms with E-state index in [1.165, 1.54) is 16.7 Å². The Kier molecular flexibility index (Phi) is 5.69. The van der Waals surface area contributed by atoms with E-state index in [9.17, 15) is 4.79 Å². The summed E-state index contributed by atoms with van der Waals surface area (Å²) in [6.07, 6.45) is 1.75. The van der Waals surface area contributed by atoms with Crippen LogP contribution in [0, 0.1) is 0 Å². The van der Waals surface area contributed by atoms with Gasteiger partial charge in [0.2, 0.25) is 0 Å². The van der Waals surface area contributed by atoms with Crippen molar-refractivity contribution in [1.82, 2.24) is 0 Å². The largest absolute Gasteiger partial charge is 0.465 e. The third-order valence-electron chi connectivity index (χ3n) is 3.06. The summed E-state index contributed by atoms with van der Waals surface area (Å²) < 4.78 is 4.99. The van der Waals surface area contributed by atoms with Crippen LogP contribution in [-0.4, -0.2) is 18.3 Å². The minimum Gasteiger partial charge on any atom is -0.465 e. The molecule has 0 radical (unpaired) electrons. The number of aryl methyl sites for hydroxylation is 1. The highest BCUT2D eigenvalue weighted by Gasteiger charge is 2.00. The number of carbonyl (C=O) groups is 1. The first-order valence-electron chi connectivity index (χ1n) is 6.70. The summed E-state index contributed by atoms with van der Waals surface area (Å²) in [5.74, 6) is -0.112. The lowest BCUT2D eigenvalue weighted by atomic mass is 10.0. The molecule has 2 rings (SSSR count). The molecule has 0 N–H and O–H groups in total. The Balaban J connectivity index is 1.85. The van der Waals surface area contributed by atoms with Crippen molar-refractivity contribution in [2.45, 2.75) is 12.8 Å². The Morgan fingerprint density at radius 1 is 0.950 bits per heavy atom. The molecule has 0 aromatic heterocycles. The average molecular weight is 286 g/mol. The van der Waals surface area contributed by atoms with Gasteiger partial charge in [-0.25, -0.2) is 0 Å². The Morgan fingerprint density at radius 3 is 2.25 bits per heavy atom. The van der Waals surface area contributed by atoms with E-state index in [-0.39, 0.29) is 11.7 Å². The average Bonchev–Trinajstić information content (AvgIpc) is 2.52. The maximum absolute atomic E-state index is 10.9. The zero-order valence-electron chi connectivity index (χ0n) is 11.3. The van der Waals surface area contributed by atoms with E-state index < -0.39 is 0 Å². The van der Waals surface area contributed by atoms with Gasteiger partial charge < -0.3 is 4.74 Å². The predicted molar refractivity (Wildman–Crippen MR) is 85.0 cm³/mol. The van der Waals surface area contributed by atoms with Crippen molar-refractivity contribution in [1.29, 1.82) is 0 Å². The molecule has 104 valence electrons. The molecule has 0 spiro atoms. The predicted octanol–water partition coefficient (Wildman–Crippen LogP) is 3.76. The topological polar surface area (TPSA) is 26.3 Å². The van der Waals surface area contributed by atoms with Crippen molar-refractivity contribution in [2.24, 2.45) is 0 Å². The molecule has 0 heterocycles. The normalized spacial score (nSPS) is 10.2. The van der Waals surface area contributed by atoms with Crippen LogP contribution in [-0.2, 0) is 16.0 Å². The molecule has 0 atom stereocenters. The lowest BCUT2D eigenvalue weighted by Crippen LogP contribution is -2.07. The van der Waals surface area contributed by atoms with Gasteiger partial charge in [-0.2, -0.15) is 12.6 Å². The third-order valence-corrected chi connectivity index (χ3v) is 3.32. The van der Waals surface area contributed by atoms with Gasteiger partial charge >= 0.3 is 5.97 Å². The van der Waals surface area contributed by atoms with Gasteiger partial charge in [0.05, 0.1) is 12.4 Å². The van der Waals surface area contributed by atoms with Crippen LogP contribution in [0.4, 0.5) is 0 Å². The van der Waals surface area contributed by atoms with Gasteiger partial charge in [-0.1, -0.05) is 54.6 Å². The number of hydrogen-bond donors (Lipinski definition) is 1. The Bertz CT molecular complexity index is 535. The molecule has 0 aliphatic carbocycles. The van der Waals surface area contributed by atoms with E-state index >= 15 is 0 Å².